The summed E-state index contributed by atoms with van der Waals surface area (Å²) in [6, 6.07) is 8.65. The van der Waals surface area contributed by atoms with Gasteiger partial charge in [0.15, 0.2) is 0 Å². The smallest absolute Gasteiger partial charge is 0.0729 e. The van der Waals surface area contributed by atoms with E-state index in [0.29, 0.717) is 5.92 Å². The molecule has 21 heavy (non-hydrogen) atoms. The van der Waals surface area contributed by atoms with E-state index in [9.17, 15) is 0 Å². The molecule has 2 aliphatic heterocycles. The Balaban J connectivity index is 1.76. The zero-order chi connectivity index (χ0) is 14.7. The highest BCUT2D eigenvalue weighted by molar-refractivity contribution is 7.98. The molecule has 2 saturated heterocycles. The molecule has 0 saturated carbocycles. The predicted octanol–water partition coefficient (Wildman–Crippen LogP) is 3.38. The van der Waals surface area contributed by atoms with Crippen LogP contribution in [0.25, 0.3) is 0 Å². The van der Waals surface area contributed by atoms with Crippen LogP contribution in [0, 0.1) is 5.92 Å². The van der Waals surface area contributed by atoms with E-state index < -0.39 is 0 Å². The zero-order valence-corrected chi connectivity index (χ0v) is 13.5. The van der Waals surface area contributed by atoms with Gasteiger partial charge < -0.3 is 15.2 Å². The Bertz CT molecular complexity index is 468. The molecule has 2 N–H and O–H groups in total. The SMILES string of the molecule is CSc1ccccc1C(N)C1CCOC2(CCOCC2)C1. The second-order valence-electron chi connectivity index (χ2n) is 6.16. The molecule has 0 aromatic heterocycles. The van der Waals surface area contributed by atoms with E-state index in [4.69, 9.17) is 15.2 Å². The first-order valence-corrected chi connectivity index (χ1v) is 9.07. The van der Waals surface area contributed by atoms with Gasteiger partial charge in [0, 0.05) is 30.8 Å². The van der Waals surface area contributed by atoms with E-state index in [1.165, 1.54) is 10.5 Å². The maximum absolute atomic E-state index is 6.64. The summed E-state index contributed by atoms with van der Waals surface area (Å²) >= 11 is 1.78. The summed E-state index contributed by atoms with van der Waals surface area (Å²) in [7, 11) is 0. The van der Waals surface area contributed by atoms with Crippen molar-refractivity contribution < 1.29 is 9.47 Å². The van der Waals surface area contributed by atoms with Crippen molar-refractivity contribution in [3.05, 3.63) is 29.8 Å². The maximum Gasteiger partial charge on any atom is 0.0729 e. The van der Waals surface area contributed by atoms with Gasteiger partial charge in [-0.1, -0.05) is 18.2 Å². The van der Waals surface area contributed by atoms with E-state index in [-0.39, 0.29) is 11.6 Å². The van der Waals surface area contributed by atoms with Gasteiger partial charge in [-0.2, -0.15) is 0 Å². The number of hydrogen-bond acceptors (Lipinski definition) is 4. The van der Waals surface area contributed by atoms with Crippen molar-refractivity contribution in [3.63, 3.8) is 0 Å². The highest BCUT2D eigenvalue weighted by Crippen LogP contribution is 2.42. The molecular formula is C17H25NO2S. The third-order valence-electron chi connectivity index (χ3n) is 4.94. The summed E-state index contributed by atoms with van der Waals surface area (Å²) in [6.45, 7) is 2.48. The van der Waals surface area contributed by atoms with Crippen molar-refractivity contribution in [1.82, 2.24) is 0 Å². The monoisotopic (exact) mass is 307 g/mol. The first kappa shape index (κ1) is 15.3. The predicted molar refractivity (Wildman–Crippen MR) is 86.6 cm³/mol. The van der Waals surface area contributed by atoms with Gasteiger partial charge in [0.25, 0.3) is 0 Å². The standard InChI is InChI=1S/C17H25NO2S/c1-21-15-5-3-2-4-14(15)16(18)13-6-9-20-17(12-13)7-10-19-11-8-17/h2-5,13,16H,6-12,18H2,1H3. The minimum atomic E-state index is 0.0209. The molecule has 2 unspecified atom stereocenters. The van der Waals surface area contributed by atoms with Gasteiger partial charge in [0.05, 0.1) is 5.60 Å². The minimum Gasteiger partial charge on any atom is -0.381 e. The van der Waals surface area contributed by atoms with Crippen LogP contribution in [0.15, 0.2) is 29.2 Å². The number of nitrogens with two attached hydrogens (primary N) is 1. The average Bonchev–Trinajstić information content (AvgIpc) is 2.55. The number of benzene rings is 1. The lowest BCUT2D eigenvalue weighted by molar-refractivity contribution is -0.149. The van der Waals surface area contributed by atoms with Crippen molar-refractivity contribution in [1.29, 1.82) is 0 Å². The van der Waals surface area contributed by atoms with Crippen LogP contribution in [0.3, 0.4) is 0 Å². The van der Waals surface area contributed by atoms with Gasteiger partial charge in [-0.3, -0.25) is 0 Å². The number of thioether (sulfide) groups is 1. The van der Waals surface area contributed by atoms with Crippen LogP contribution in [-0.2, 0) is 9.47 Å². The third kappa shape index (κ3) is 3.29. The average molecular weight is 307 g/mol. The number of ether oxygens (including phenoxy) is 2. The first-order chi connectivity index (χ1) is 10.2. The maximum atomic E-state index is 6.64. The Morgan fingerprint density at radius 3 is 2.76 bits per heavy atom. The summed E-state index contributed by atoms with van der Waals surface area (Å²) in [5.74, 6) is 0.505. The second-order valence-corrected chi connectivity index (χ2v) is 7.01. The fourth-order valence-corrected chi connectivity index (χ4v) is 4.31. The molecule has 4 heteroatoms. The van der Waals surface area contributed by atoms with Crippen LogP contribution in [0.2, 0.25) is 0 Å². The fraction of sp³-hybridized carbons (Fsp3) is 0.647. The van der Waals surface area contributed by atoms with Crippen LogP contribution in [-0.4, -0.2) is 31.7 Å². The molecule has 1 aromatic rings. The molecule has 116 valence electrons. The lowest BCUT2D eigenvalue weighted by atomic mass is 9.76. The Labute approximate surface area is 131 Å². The Morgan fingerprint density at radius 2 is 2.00 bits per heavy atom. The summed E-state index contributed by atoms with van der Waals surface area (Å²) in [4.78, 5) is 1.30. The molecule has 3 nitrogen and oxygen atoms in total. The van der Waals surface area contributed by atoms with Crippen molar-refractivity contribution in [2.75, 3.05) is 26.1 Å². The Kier molecular flexibility index (Phi) is 4.89. The van der Waals surface area contributed by atoms with Crippen molar-refractivity contribution in [3.8, 4) is 0 Å². The molecule has 2 atom stereocenters. The van der Waals surface area contributed by atoms with E-state index in [1.807, 2.05) is 0 Å². The molecule has 1 spiro atoms. The topological polar surface area (TPSA) is 44.5 Å². The lowest BCUT2D eigenvalue weighted by Crippen LogP contribution is -2.46. The summed E-state index contributed by atoms with van der Waals surface area (Å²) in [5, 5.41) is 0. The summed E-state index contributed by atoms with van der Waals surface area (Å²) in [5.41, 5.74) is 7.95. The van der Waals surface area contributed by atoms with Crippen molar-refractivity contribution >= 4 is 11.8 Å². The van der Waals surface area contributed by atoms with Gasteiger partial charge in [-0.15, -0.1) is 11.8 Å². The van der Waals surface area contributed by atoms with E-state index in [2.05, 4.69) is 30.5 Å². The molecule has 2 fully saturated rings. The van der Waals surface area contributed by atoms with Crippen LogP contribution in [0.4, 0.5) is 0 Å². The van der Waals surface area contributed by atoms with Gasteiger partial charge in [0.1, 0.15) is 0 Å². The van der Waals surface area contributed by atoms with Gasteiger partial charge in [0.2, 0.25) is 0 Å². The second kappa shape index (κ2) is 6.69. The van der Waals surface area contributed by atoms with Crippen LogP contribution in [0.1, 0.15) is 37.3 Å². The number of rotatable bonds is 3. The Morgan fingerprint density at radius 1 is 1.24 bits per heavy atom. The third-order valence-corrected chi connectivity index (χ3v) is 5.75. The molecule has 1 aromatic carbocycles. The molecule has 0 amide bonds. The largest absolute Gasteiger partial charge is 0.381 e. The molecule has 3 rings (SSSR count). The van der Waals surface area contributed by atoms with Crippen molar-refractivity contribution in [2.45, 2.75) is 42.2 Å². The molecule has 0 bridgehead atoms. The first-order valence-electron chi connectivity index (χ1n) is 7.84. The highest BCUT2D eigenvalue weighted by atomic mass is 32.2. The Hall–Kier alpha value is -0.550. The lowest BCUT2D eigenvalue weighted by Gasteiger charge is -2.45. The van der Waals surface area contributed by atoms with Crippen LogP contribution in [0.5, 0.6) is 0 Å². The quantitative estimate of drug-likeness (QED) is 0.870. The van der Waals surface area contributed by atoms with Gasteiger partial charge in [-0.05, 0) is 49.5 Å². The van der Waals surface area contributed by atoms with E-state index in [1.54, 1.807) is 11.8 Å². The van der Waals surface area contributed by atoms with Crippen LogP contribution >= 0.6 is 11.8 Å². The van der Waals surface area contributed by atoms with Gasteiger partial charge in [-0.25, -0.2) is 0 Å². The molecule has 2 heterocycles. The molecule has 2 aliphatic rings. The molecular weight excluding hydrogens is 282 g/mol. The molecule has 0 aliphatic carbocycles. The normalized spacial score (nSPS) is 26.7. The molecule has 0 radical (unpaired) electrons. The van der Waals surface area contributed by atoms with Gasteiger partial charge >= 0.3 is 0 Å². The zero-order valence-electron chi connectivity index (χ0n) is 12.7. The highest BCUT2D eigenvalue weighted by Gasteiger charge is 2.41. The van der Waals surface area contributed by atoms with E-state index in [0.717, 1.165) is 45.5 Å². The number of hydrogen-bond donors (Lipinski definition) is 1. The van der Waals surface area contributed by atoms with Crippen LogP contribution < -0.4 is 5.73 Å². The minimum absolute atomic E-state index is 0.0209. The summed E-state index contributed by atoms with van der Waals surface area (Å²) in [6.07, 6.45) is 6.28. The van der Waals surface area contributed by atoms with Crippen molar-refractivity contribution in [2.24, 2.45) is 11.7 Å². The fourth-order valence-electron chi connectivity index (χ4n) is 3.66. The summed E-state index contributed by atoms with van der Waals surface area (Å²) < 4.78 is 11.6. The van der Waals surface area contributed by atoms with E-state index >= 15 is 0 Å².